The van der Waals surface area contributed by atoms with Crippen molar-refractivity contribution in [3.63, 3.8) is 0 Å². The lowest BCUT2D eigenvalue weighted by Gasteiger charge is -2.19. The maximum Gasteiger partial charge on any atom is 0.407 e. The Morgan fingerprint density at radius 3 is 2.21 bits per heavy atom. The number of hydrogen-bond acceptors (Lipinski definition) is 6. The second kappa shape index (κ2) is 8.52. The van der Waals surface area contributed by atoms with E-state index in [9.17, 15) is 18.3 Å². The fraction of sp³-hybridized carbons (Fsp3) is 0.350. The van der Waals surface area contributed by atoms with Crippen molar-refractivity contribution in [1.82, 2.24) is 5.32 Å². The van der Waals surface area contributed by atoms with E-state index in [4.69, 9.17) is 9.47 Å². The van der Waals surface area contributed by atoms with Gasteiger partial charge in [0.1, 0.15) is 12.2 Å². The molecule has 0 aliphatic heterocycles. The third kappa shape index (κ3) is 6.45. The Hall–Kier alpha value is -2.74. The van der Waals surface area contributed by atoms with E-state index in [1.54, 1.807) is 45.0 Å². The second-order valence-corrected chi connectivity index (χ2v) is 9.27. The van der Waals surface area contributed by atoms with Gasteiger partial charge in [0.15, 0.2) is 21.3 Å². The third-order valence-electron chi connectivity index (χ3n) is 3.60. The van der Waals surface area contributed by atoms with Crippen molar-refractivity contribution in [2.75, 3.05) is 19.4 Å². The zero-order valence-corrected chi connectivity index (χ0v) is 17.2. The first kappa shape index (κ1) is 21.6. The summed E-state index contributed by atoms with van der Waals surface area (Å²) in [5, 5.41) is 12.7. The lowest BCUT2D eigenvalue weighted by atomic mass is 10.1. The van der Waals surface area contributed by atoms with Gasteiger partial charge < -0.3 is 19.9 Å². The average Bonchev–Trinajstić information content (AvgIpc) is 2.57. The molecule has 2 aromatic rings. The Morgan fingerprint density at radius 1 is 1.07 bits per heavy atom. The maximum absolute atomic E-state index is 11.5. The summed E-state index contributed by atoms with van der Waals surface area (Å²) in [6.45, 7) is 5.71. The molecule has 2 aromatic carbocycles. The van der Waals surface area contributed by atoms with Crippen molar-refractivity contribution in [1.29, 1.82) is 0 Å². The van der Waals surface area contributed by atoms with Crippen molar-refractivity contribution < 1.29 is 27.8 Å². The van der Waals surface area contributed by atoms with Gasteiger partial charge in [-0.05, 0) is 56.2 Å². The van der Waals surface area contributed by atoms with Crippen LogP contribution in [0.4, 0.5) is 4.79 Å². The van der Waals surface area contributed by atoms with Gasteiger partial charge >= 0.3 is 6.09 Å². The van der Waals surface area contributed by atoms with Crippen LogP contribution in [0, 0.1) is 0 Å². The Bertz CT molecular complexity index is 930. The molecule has 7 nitrogen and oxygen atoms in total. The molecule has 0 saturated heterocycles. The van der Waals surface area contributed by atoms with E-state index in [-0.39, 0.29) is 29.5 Å². The first-order valence-corrected chi connectivity index (χ1v) is 10.6. The molecule has 2 rings (SSSR count). The van der Waals surface area contributed by atoms with Crippen LogP contribution in [0.2, 0.25) is 0 Å². The number of sulfone groups is 1. The zero-order valence-electron chi connectivity index (χ0n) is 16.4. The minimum Gasteiger partial charge on any atom is -0.504 e. The van der Waals surface area contributed by atoms with Crippen molar-refractivity contribution in [3.05, 3.63) is 42.5 Å². The number of nitrogens with one attached hydrogen (secondary N) is 1. The van der Waals surface area contributed by atoms with Gasteiger partial charge in [-0.25, -0.2) is 13.2 Å². The highest BCUT2D eigenvalue weighted by Gasteiger charge is 2.15. The van der Waals surface area contributed by atoms with Crippen LogP contribution in [0.5, 0.6) is 11.5 Å². The lowest BCUT2D eigenvalue weighted by Crippen LogP contribution is -2.34. The number of carbonyl (C=O) groups excluding carboxylic acids is 1. The molecule has 1 amide bonds. The summed E-state index contributed by atoms with van der Waals surface area (Å²) in [6, 6.07) is 11.3. The Labute approximate surface area is 165 Å². The predicted molar refractivity (Wildman–Crippen MR) is 106 cm³/mol. The van der Waals surface area contributed by atoms with Crippen molar-refractivity contribution in [2.45, 2.75) is 31.3 Å². The number of benzene rings is 2. The molecule has 0 aliphatic rings. The molecule has 0 aliphatic carbocycles. The number of rotatable bonds is 6. The number of phenols is 1. The number of carbonyl (C=O) groups is 1. The highest BCUT2D eigenvalue weighted by Crippen LogP contribution is 2.32. The Kier molecular flexibility index (Phi) is 6.56. The number of hydrogen-bond donors (Lipinski definition) is 2. The number of aromatic hydroxyl groups is 1. The number of amides is 1. The molecular weight excluding hydrogens is 382 g/mol. The maximum atomic E-state index is 11.5. The van der Waals surface area contributed by atoms with Crippen LogP contribution in [0.25, 0.3) is 11.1 Å². The van der Waals surface area contributed by atoms with E-state index in [2.05, 4.69) is 5.32 Å². The van der Waals surface area contributed by atoms with Crippen molar-refractivity contribution in [2.24, 2.45) is 0 Å². The topological polar surface area (TPSA) is 102 Å². The lowest BCUT2D eigenvalue weighted by molar-refractivity contribution is 0.0520. The number of alkyl carbamates (subject to hydrolysis) is 1. The molecule has 0 radical (unpaired) electrons. The fourth-order valence-corrected chi connectivity index (χ4v) is 2.97. The average molecular weight is 407 g/mol. The summed E-state index contributed by atoms with van der Waals surface area (Å²) in [6.07, 6.45) is 0.616. The smallest absolute Gasteiger partial charge is 0.407 e. The molecule has 28 heavy (non-hydrogen) atoms. The largest absolute Gasteiger partial charge is 0.504 e. The van der Waals surface area contributed by atoms with E-state index in [0.29, 0.717) is 0 Å². The normalized spacial score (nSPS) is 11.7. The summed E-state index contributed by atoms with van der Waals surface area (Å²) in [7, 11) is -3.25. The van der Waals surface area contributed by atoms with Crippen LogP contribution in [-0.4, -0.2) is 44.6 Å². The zero-order chi connectivity index (χ0) is 20.9. The molecule has 0 unspecified atom stereocenters. The molecule has 0 spiro atoms. The summed E-state index contributed by atoms with van der Waals surface area (Å²) >= 11 is 0. The first-order valence-electron chi connectivity index (χ1n) is 8.69. The summed E-state index contributed by atoms with van der Waals surface area (Å²) in [5.74, 6) is 0.226. The SMILES string of the molecule is CC(C)(C)OC(=O)NCCOc1ccc(-c2ccc(S(C)(=O)=O)cc2)cc1O. The third-order valence-corrected chi connectivity index (χ3v) is 4.73. The minimum absolute atomic E-state index is 0.0537. The van der Waals surface area contributed by atoms with Gasteiger partial charge in [-0.1, -0.05) is 18.2 Å². The van der Waals surface area contributed by atoms with Crippen LogP contribution < -0.4 is 10.1 Å². The molecule has 8 heteroatoms. The second-order valence-electron chi connectivity index (χ2n) is 7.26. The van der Waals surface area contributed by atoms with Crippen molar-refractivity contribution >= 4 is 15.9 Å². The van der Waals surface area contributed by atoms with Gasteiger partial charge in [0, 0.05) is 6.26 Å². The van der Waals surface area contributed by atoms with Gasteiger partial charge in [-0.3, -0.25) is 0 Å². The van der Waals surface area contributed by atoms with Gasteiger partial charge in [-0.15, -0.1) is 0 Å². The molecule has 0 aromatic heterocycles. The van der Waals surface area contributed by atoms with E-state index in [0.717, 1.165) is 17.4 Å². The van der Waals surface area contributed by atoms with E-state index in [1.165, 1.54) is 18.2 Å². The standard InChI is InChI=1S/C20H25NO6S/c1-20(2,3)27-19(23)21-11-12-26-18-10-7-15(13-17(18)22)14-5-8-16(9-6-14)28(4,24)25/h5-10,13,22H,11-12H2,1-4H3,(H,21,23). The van der Waals surface area contributed by atoms with Crippen LogP contribution in [0.15, 0.2) is 47.4 Å². The highest BCUT2D eigenvalue weighted by atomic mass is 32.2. The number of ether oxygens (including phenoxy) is 2. The van der Waals surface area contributed by atoms with E-state index < -0.39 is 21.5 Å². The quantitative estimate of drug-likeness (QED) is 0.712. The molecule has 0 saturated carbocycles. The molecule has 0 bridgehead atoms. The Morgan fingerprint density at radius 2 is 1.68 bits per heavy atom. The molecule has 2 N–H and O–H groups in total. The fourth-order valence-electron chi connectivity index (χ4n) is 2.34. The van der Waals surface area contributed by atoms with Gasteiger partial charge in [0.05, 0.1) is 11.4 Å². The molecule has 152 valence electrons. The highest BCUT2D eigenvalue weighted by molar-refractivity contribution is 7.90. The molecular formula is C20H25NO6S. The van der Waals surface area contributed by atoms with Gasteiger partial charge in [-0.2, -0.15) is 0 Å². The van der Waals surface area contributed by atoms with Crippen LogP contribution in [0.1, 0.15) is 20.8 Å². The van der Waals surface area contributed by atoms with Gasteiger partial charge in [0.25, 0.3) is 0 Å². The van der Waals surface area contributed by atoms with Crippen LogP contribution in [-0.2, 0) is 14.6 Å². The van der Waals surface area contributed by atoms with E-state index >= 15 is 0 Å². The first-order chi connectivity index (χ1) is 13.0. The van der Waals surface area contributed by atoms with Crippen molar-refractivity contribution in [3.8, 4) is 22.6 Å². The molecule has 0 fully saturated rings. The molecule has 0 atom stereocenters. The molecule has 0 heterocycles. The van der Waals surface area contributed by atoms with Gasteiger partial charge in [0.2, 0.25) is 0 Å². The number of phenolic OH excluding ortho intramolecular Hbond substituents is 1. The van der Waals surface area contributed by atoms with Crippen LogP contribution in [0.3, 0.4) is 0 Å². The summed E-state index contributed by atoms with van der Waals surface area (Å²) < 4.78 is 33.6. The summed E-state index contributed by atoms with van der Waals surface area (Å²) in [5.41, 5.74) is 0.913. The summed E-state index contributed by atoms with van der Waals surface area (Å²) in [4.78, 5) is 11.8. The monoisotopic (exact) mass is 407 g/mol. The van der Waals surface area contributed by atoms with E-state index in [1.807, 2.05) is 0 Å². The minimum atomic E-state index is -3.25. The Balaban J connectivity index is 1.94. The van der Waals surface area contributed by atoms with Crippen LogP contribution >= 0.6 is 0 Å². The predicted octanol–water partition coefficient (Wildman–Crippen LogP) is 3.37.